The molecule has 21 heavy (non-hydrogen) atoms. The summed E-state index contributed by atoms with van der Waals surface area (Å²) in [7, 11) is 0. The average molecular weight is 277 g/mol. The third kappa shape index (κ3) is 1.91. The summed E-state index contributed by atoms with van der Waals surface area (Å²) < 4.78 is 0. The van der Waals surface area contributed by atoms with Crippen molar-refractivity contribution in [3.63, 3.8) is 0 Å². The molecule has 1 heteroatoms. The number of allylic oxidation sites excluding steroid dienone is 3. The lowest BCUT2D eigenvalue weighted by molar-refractivity contribution is 0.630. The van der Waals surface area contributed by atoms with Crippen LogP contribution in [0.3, 0.4) is 0 Å². The van der Waals surface area contributed by atoms with Crippen molar-refractivity contribution in [3.8, 4) is 0 Å². The number of anilines is 1. The summed E-state index contributed by atoms with van der Waals surface area (Å²) in [6.45, 7) is 13.0. The maximum Gasteiger partial charge on any atom is 0.0434 e. The van der Waals surface area contributed by atoms with E-state index in [1.54, 1.807) is 16.8 Å². The second-order valence-corrected chi connectivity index (χ2v) is 6.74. The van der Waals surface area contributed by atoms with Crippen LogP contribution in [0.15, 0.2) is 35.9 Å². The van der Waals surface area contributed by atoms with Gasteiger partial charge in [-0.15, -0.1) is 0 Å². The fourth-order valence-electron chi connectivity index (χ4n) is 4.28. The zero-order valence-corrected chi connectivity index (χ0v) is 13.0. The van der Waals surface area contributed by atoms with E-state index in [9.17, 15) is 0 Å². The van der Waals surface area contributed by atoms with Crippen LogP contribution < -0.4 is 4.90 Å². The molecule has 4 rings (SSSR count). The van der Waals surface area contributed by atoms with Crippen molar-refractivity contribution in [1.29, 1.82) is 0 Å². The molecule has 0 aromatic heterocycles. The lowest BCUT2D eigenvalue weighted by Crippen LogP contribution is -2.35. The Morgan fingerprint density at radius 2 is 1.90 bits per heavy atom. The average Bonchev–Trinajstić information content (AvgIpc) is 2.48. The summed E-state index contributed by atoms with van der Waals surface area (Å²) in [6, 6.07) is 2.45. The van der Waals surface area contributed by atoms with Crippen molar-refractivity contribution in [2.75, 3.05) is 18.0 Å². The van der Waals surface area contributed by atoms with Crippen molar-refractivity contribution in [2.24, 2.45) is 0 Å². The first-order chi connectivity index (χ1) is 10.1. The summed E-state index contributed by atoms with van der Waals surface area (Å²) in [5.41, 5.74) is 11.4. The summed E-state index contributed by atoms with van der Waals surface area (Å²) in [5.74, 6) is 0. The molecule has 0 bridgehead atoms. The van der Waals surface area contributed by atoms with Crippen molar-refractivity contribution in [1.82, 2.24) is 0 Å². The molecular weight excluding hydrogens is 254 g/mol. The molecule has 0 atom stereocenters. The van der Waals surface area contributed by atoms with Gasteiger partial charge in [0.25, 0.3) is 0 Å². The van der Waals surface area contributed by atoms with E-state index in [2.05, 4.69) is 37.1 Å². The number of hydrogen-bond acceptors (Lipinski definition) is 1. The van der Waals surface area contributed by atoms with Gasteiger partial charge < -0.3 is 4.90 Å². The molecule has 108 valence electrons. The molecule has 1 nitrogen and oxygen atoms in total. The maximum absolute atomic E-state index is 4.30. The zero-order chi connectivity index (χ0) is 14.6. The van der Waals surface area contributed by atoms with E-state index < -0.39 is 0 Å². The van der Waals surface area contributed by atoms with Gasteiger partial charge in [0.05, 0.1) is 0 Å². The third-order valence-corrected chi connectivity index (χ3v) is 5.21. The summed E-state index contributed by atoms with van der Waals surface area (Å²) in [5, 5.41) is 0. The van der Waals surface area contributed by atoms with E-state index in [1.807, 2.05) is 0 Å². The van der Waals surface area contributed by atoms with Gasteiger partial charge in [-0.2, -0.15) is 0 Å². The molecule has 0 saturated heterocycles. The largest absolute Gasteiger partial charge is 0.371 e. The van der Waals surface area contributed by atoms with Crippen LogP contribution in [0.5, 0.6) is 0 Å². The summed E-state index contributed by atoms with van der Waals surface area (Å²) in [4.78, 5) is 2.62. The summed E-state index contributed by atoms with van der Waals surface area (Å²) in [6.07, 6.45) is 8.41. The number of hydrogen-bond donors (Lipinski definition) is 0. The predicted octanol–water partition coefficient (Wildman–Crippen LogP) is 4.46. The van der Waals surface area contributed by atoms with Crippen LogP contribution in [0, 0.1) is 0 Å². The Morgan fingerprint density at radius 3 is 2.67 bits per heavy atom. The van der Waals surface area contributed by atoms with Gasteiger partial charge >= 0.3 is 0 Å². The van der Waals surface area contributed by atoms with Gasteiger partial charge in [0.15, 0.2) is 0 Å². The monoisotopic (exact) mass is 277 g/mol. The summed E-state index contributed by atoms with van der Waals surface area (Å²) >= 11 is 0. The van der Waals surface area contributed by atoms with E-state index in [1.165, 1.54) is 61.0 Å². The molecule has 1 aliphatic carbocycles. The normalized spacial score (nSPS) is 19.8. The molecule has 0 spiro atoms. The highest BCUT2D eigenvalue weighted by atomic mass is 15.1. The molecule has 3 aliphatic rings. The Bertz CT molecular complexity index is 688. The van der Waals surface area contributed by atoms with Crippen LogP contribution in [-0.2, 0) is 19.3 Å². The molecule has 2 aliphatic heterocycles. The minimum Gasteiger partial charge on any atom is -0.371 e. The SMILES string of the molecule is C=C(C)C1=Cc2cc3c4c(c2CC1=C)CCCN4CCC3. The van der Waals surface area contributed by atoms with Crippen molar-refractivity contribution < 1.29 is 0 Å². The number of rotatable bonds is 1. The maximum atomic E-state index is 4.30. The Kier molecular flexibility index (Phi) is 2.85. The van der Waals surface area contributed by atoms with Crippen molar-refractivity contribution in [2.45, 2.75) is 39.0 Å². The van der Waals surface area contributed by atoms with Crippen LogP contribution >= 0.6 is 0 Å². The van der Waals surface area contributed by atoms with Gasteiger partial charge in [0.1, 0.15) is 0 Å². The van der Waals surface area contributed by atoms with Crippen LogP contribution in [0.4, 0.5) is 5.69 Å². The molecule has 1 aromatic carbocycles. The smallest absolute Gasteiger partial charge is 0.0434 e. The third-order valence-electron chi connectivity index (χ3n) is 5.21. The molecule has 0 amide bonds. The first kappa shape index (κ1) is 12.9. The lowest BCUT2D eigenvalue weighted by Gasteiger charge is -2.39. The van der Waals surface area contributed by atoms with Crippen LogP contribution in [0.1, 0.15) is 42.0 Å². The fourth-order valence-corrected chi connectivity index (χ4v) is 4.28. The Labute approximate surface area is 127 Å². The van der Waals surface area contributed by atoms with Gasteiger partial charge in [0.2, 0.25) is 0 Å². The first-order valence-corrected chi connectivity index (χ1v) is 8.13. The molecule has 0 fully saturated rings. The zero-order valence-electron chi connectivity index (χ0n) is 13.0. The topological polar surface area (TPSA) is 3.24 Å². The van der Waals surface area contributed by atoms with E-state index >= 15 is 0 Å². The number of nitrogens with zero attached hydrogens (tertiary/aromatic N) is 1. The number of aryl methyl sites for hydroxylation is 1. The van der Waals surface area contributed by atoms with Gasteiger partial charge in [-0.1, -0.05) is 18.7 Å². The van der Waals surface area contributed by atoms with Gasteiger partial charge in [-0.05, 0) is 84.6 Å². The molecule has 2 heterocycles. The number of fused-ring (bicyclic) bond motifs is 2. The quantitative estimate of drug-likeness (QED) is 0.732. The highest BCUT2D eigenvalue weighted by Crippen LogP contribution is 2.42. The molecule has 0 unspecified atom stereocenters. The predicted molar refractivity (Wildman–Crippen MR) is 90.9 cm³/mol. The van der Waals surface area contributed by atoms with Crippen LogP contribution in [-0.4, -0.2) is 13.1 Å². The molecule has 1 aromatic rings. The Morgan fingerprint density at radius 1 is 1.14 bits per heavy atom. The minimum atomic E-state index is 1.00. The van der Waals surface area contributed by atoms with Gasteiger partial charge in [-0.3, -0.25) is 0 Å². The molecular formula is C20H23N. The van der Waals surface area contributed by atoms with Gasteiger partial charge in [-0.25, -0.2) is 0 Å². The lowest BCUT2D eigenvalue weighted by atomic mass is 9.79. The van der Waals surface area contributed by atoms with Crippen LogP contribution in [0.2, 0.25) is 0 Å². The highest BCUT2D eigenvalue weighted by molar-refractivity contribution is 5.78. The number of benzene rings is 1. The molecule has 0 radical (unpaired) electrons. The first-order valence-electron chi connectivity index (χ1n) is 8.13. The highest BCUT2D eigenvalue weighted by Gasteiger charge is 2.28. The Hall–Kier alpha value is -1.76. The van der Waals surface area contributed by atoms with E-state index in [0.29, 0.717) is 0 Å². The van der Waals surface area contributed by atoms with Gasteiger partial charge in [0, 0.05) is 18.8 Å². The Balaban J connectivity index is 1.95. The second kappa shape index (κ2) is 4.62. The van der Waals surface area contributed by atoms with E-state index in [-0.39, 0.29) is 0 Å². The van der Waals surface area contributed by atoms with Crippen LogP contribution in [0.25, 0.3) is 6.08 Å². The fraction of sp³-hybridized carbons (Fsp3) is 0.400. The van der Waals surface area contributed by atoms with Crippen molar-refractivity contribution in [3.05, 3.63) is 58.2 Å². The molecule has 0 N–H and O–H groups in total. The minimum absolute atomic E-state index is 1.00. The van der Waals surface area contributed by atoms with E-state index in [0.717, 1.165) is 12.0 Å². The standard InChI is InChI=1S/C20H23N/c1-13(2)18-12-16-11-15-6-4-8-21-9-5-7-17(20(15)21)19(16)10-14(18)3/h11-12H,1,3-10H2,2H3. The van der Waals surface area contributed by atoms with Crippen molar-refractivity contribution >= 4 is 11.8 Å². The van der Waals surface area contributed by atoms with E-state index in [4.69, 9.17) is 0 Å². The molecule has 0 saturated carbocycles. The second-order valence-electron chi connectivity index (χ2n) is 6.74.